The number of hydrogen-bond donors (Lipinski definition) is 2. The van der Waals surface area contributed by atoms with Crippen molar-refractivity contribution in [2.45, 2.75) is 39.4 Å². The highest BCUT2D eigenvalue weighted by atomic mass is 16.5. The van der Waals surface area contributed by atoms with Gasteiger partial charge in [-0.1, -0.05) is 5.16 Å². The van der Waals surface area contributed by atoms with Gasteiger partial charge in [-0.3, -0.25) is 5.43 Å². The molecular formula is C8H16N4O2. The number of nitrogens with one attached hydrogen (secondary N) is 1. The number of nitrogens with two attached hydrogens (primary N) is 1. The van der Waals surface area contributed by atoms with Crippen LogP contribution in [0.5, 0.6) is 0 Å². The molecule has 0 atom stereocenters. The Morgan fingerprint density at radius 2 is 2.14 bits per heavy atom. The van der Waals surface area contributed by atoms with Crippen molar-refractivity contribution in [2.75, 3.05) is 5.43 Å². The van der Waals surface area contributed by atoms with E-state index < -0.39 is 5.60 Å². The van der Waals surface area contributed by atoms with Crippen LogP contribution in [0.1, 0.15) is 33.5 Å². The van der Waals surface area contributed by atoms with Crippen LogP contribution in [0.25, 0.3) is 0 Å². The quantitative estimate of drug-likeness (QED) is 0.557. The fraction of sp³-hybridized carbons (Fsp3) is 0.750. The standard InChI is InChI=1S/C8H16N4O2/c1-5(2)13-8(3,4)6-10-7(11-9)14-12-6/h5H,9H2,1-4H3,(H,10,11,12). The molecule has 0 aliphatic heterocycles. The summed E-state index contributed by atoms with van der Waals surface area (Å²) in [6.45, 7) is 7.64. The van der Waals surface area contributed by atoms with Crippen molar-refractivity contribution in [3.05, 3.63) is 5.82 Å². The maximum Gasteiger partial charge on any atom is 0.335 e. The second kappa shape index (κ2) is 3.93. The molecule has 0 bridgehead atoms. The Balaban J connectivity index is 2.80. The third-order valence-electron chi connectivity index (χ3n) is 1.62. The van der Waals surface area contributed by atoms with Gasteiger partial charge in [0.15, 0.2) is 0 Å². The number of hydrogen-bond acceptors (Lipinski definition) is 6. The topological polar surface area (TPSA) is 86.2 Å². The SMILES string of the molecule is CC(C)OC(C)(C)c1noc(NN)n1. The summed E-state index contributed by atoms with van der Waals surface area (Å²) in [6.07, 6.45) is 0.0952. The number of nitrogens with zero attached hydrogens (tertiary/aromatic N) is 2. The minimum Gasteiger partial charge on any atom is -0.365 e. The van der Waals surface area contributed by atoms with E-state index in [1.807, 2.05) is 27.7 Å². The molecule has 0 radical (unpaired) electrons. The van der Waals surface area contributed by atoms with Crippen molar-refractivity contribution in [3.63, 3.8) is 0 Å². The molecule has 14 heavy (non-hydrogen) atoms. The van der Waals surface area contributed by atoms with Crippen LogP contribution in [-0.4, -0.2) is 16.2 Å². The van der Waals surface area contributed by atoms with Crippen molar-refractivity contribution >= 4 is 6.01 Å². The third kappa shape index (κ3) is 2.43. The van der Waals surface area contributed by atoms with Gasteiger partial charge >= 0.3 is 6.01 Å². The summed E-state index contributed by atoms with van der Waals surface area (Å²) >= 11 is 0. The number of anilines is 1. The van der Waals surface area contributed by atoms with Gasteiger partial charge in [0.05, 0.1) is 6.10 Å². The van der Waals surface area contributed by atoms with E-state index in [1.165, 1.54) is 0 Å². The number of hydrazine groups is 1. The molecule has 6 heteroatoms. The maximum atomic E-state index is 5.63. The predicted molar refractivity (Wildman–Crippen MR) is 51.4 cm³/mol. The van der Waals surface area contributed by atoms with E-state index in [2.05, 4.69) is 15.6 Å². The van der Waals surface area contributed by atoms with E-state index in [0.717, 1.165) is 0 Å². The molecule has 0 spiro atoms. The van der Waals surface area contributed by atoms with Gasteiger partial charge in [-0.15, -0.1) is 0 Å². The van der Waals surface area contributed by atoms with Gasteiger partial charge in [0.2, 0.25) is 5.82 Å². The summed E-state index contributed by atoms with van der Waals surface area (Å²) in [5.41, 5.74) is 1.70. The van der Waals surface area contributed by atoms with Crippen LogP contribution in [0.4, 0.5) is 6.01 Å². The van der Waals surface area contributed by atoms with Gasteiger partial charge in [0, 0.05) is 0 Å². The number of rotatable bonds is 4. The highest BCUT2D eigenvalue weighted by molar-refractivity contribution is 5.16. The lowest BCUT2D eigenvalue weighted by molar-refractivity contribution is -0.0666. The summed E-state index contributed by atoms with van der Waals surface area (Å²) < 4.78 is 10.4. The van der Waals surface area contributed by atoms with Crippen LogP contribution >= 0.6 is 0 Å². The Hall–Kier alpha value is -1.14. The molecule has 0 aromatic carbocycles. The Bertz CT molecular complexity index is 295. The lowest BCUT2D eigenvalue weighted by atomic mass is 10.1. The van der Waals surface area contributed by atoms with Crippen LogP contribution in [0.2, 0.25) is 0 Å². The lowest BCUT2D eigenvalue weighted by Gasteiger charge is -2.23. The fourth-order valence-electron chi connectivity index (χ4n) is 1.17. The molecule has 0 unspecified atom stereocenters. The number of aromatic nitrogens is 2. The average Bonchev–Trinajstić information content (AvgIpc) is 2.49. The van der Waals surface area contributed by atoms with Gasteiger partial charge in [-0.2, -0.15) is 4.98 Å². The largest absolute Gasteiger partial charge is 0.365 e. The molecule has 6 nitrogen and oxygen atoms in total. The zero-order chi connectivity index (χ0) is 10.8. The zero-order valence-electron chi connectivity index (χ0n) is 8.87. The van der Waals surface area contributed by atoms with Gasteiger partial charge in [-0.25, -0.2) is 5.84 Å². The van der Waals surface area contributed by atoms with Crippen molar-refractivity contribution in [2.24, 2.45) is 5.84 Å². The Morgan fingerprint density at radius 1 is 1.50 bits per heavy atom. The van der Waals surface area contributed by atoms with Crippen LogP contribution < -0.4 is 11.3 Å². The molecule has 0 aliphatic rings. The molecule has 0 aliphatic carbocycles. The normalized spacial score (nSPS) is 12.1. The molecule has 1 aromatic rings. The zero-order valence-corrected chi connectivity index (χ0v) is 8.87. The van der Waals surface area contributed by atoms with Crippen molar-refractivity contribution in [1.82, 2.24) is 10.1 Å². The number of ether oxygens (including phenoxy) is 1. The van der Waals surface area contributed by atoms with Gasteiger partial charge in [-0.05, 0) is 27.7 Å². The molecule has 0 amide bonds. The molecule has 1 aromatic heterocycles. The van der Waals surface area contributed by atoms with Crippen LogP contribution in [-0.2, 0) is 10.3 Å². The van der Waals surface area contributed by atoms with E-state index in [1.54, 1.807) is 0 Å². The molecule has 3 N–H and O–H groups in total. The summed E-state index contributed by atoms with van der Waals surface area (Å²) in [6, 6.07) is 0.181. The van der Waals surface area contributed by atoms with E-state index in [9.17, 15) is 0 Å². The van der Waals surface area contributed by atoms with Gasteiger partial charge in [0.25, 0.3) is 0 Å². The lowest BCUT2D eigenvalue weighted by Crippen LogP contribution is -2.27. The number of nitrogen functional groups attached to an aromatic ring is 1. The molecule has 1 heterocycles. The molecular weight excluding hydrogens is 184 g/mol. The van der Waals surface area contributed by atoms with E-state index >= 15 is 0 Å². The average molecular weight is 200 g/mol. The van der Waals surface area contributed by atoms with E-state index in [-0.39, 0.29) is 12.1 Å². The Kier molecular flexibility index (Phi) is 3.07. The van der Waals surface area contributed by atoms with E-state index in [4.69, 9.17) is 15.1 Å². The molecule has 80 valence electrons. The van der Waals surface area contributed by atoms with E-state index in [0.29, 0.717) is 5.82 Å². The summed E-state index contributed by atoms with van der Waals surface area (Å²) in [5, 5.41) is 3.76. The highest BCUT2D eigenvalue weighted by Crippen LogP contribution is 2.24. The minimum atomic E-state index is -0.577. The summed E-state index contributed by atoms with van der Waals surface area (Å²) in [4.78, 5) is 4.01. The second-order valence-corrected chi connectivity index (χ2v) is 3.74. The molecule has 0 saturated carbocycles. The van der Waals surface area contributed by atoms with Crippen LogP contribution in [0.3, 0.4) is 0 Å². The van der Waals surface area contributed by atoms with Crippen LogP contribution in [0.15, 0.2) is 4.52 Å². The monoisotopic (exact) mass is 200 g/mol. The van der Waals surface area contributed by atoms with Crippen molar-refractivity contribution in [1.29, 1.82) is 0 Å². The Labute approximate surface area is 82.8 Å². The third-order valence-corrected chi connectivity index (χ3v) is 1.62. The molecule has 0 fully saturated rings. The Morgan fingerprint density at radius 3 is 2.57 bits per heavy atom. The first-order chi connectivity index (χ1) is 6.45. The van der Waals surface area contributed by atoms with Crippen LogP contribution in [0, 0.1) is 0 Å². The first kappa shape index (κ1) is 10.9. The summed E-state index contributed by atoms with van der Waals surface area (Å²) in [7, 11) is 0. The van der Waals surface area contributed by atoms with Crippen molar-refractivity contribution < 1.29 is 9.26 Å². The summed E-state index contributed by atoms with van der Waals surface area (Å²) in [5.74, 6) is 5.59. The second-order valence-electron chi connectivity index (χ2n) is 3.74. The molecule has 0 saturated heterocycles. The molecule has 1 rings (SSSR count). The first-order valence-corrected chi connectivity index (χ1v) is 4.44. The van der Waals surface area contributed by atoms with Gasteiger partial charge < -0.3 is 9.26 Å². The predicted octanol–water partition coefficient (Wildman–Crippen LogP) is 1.02. The highest BCUT2D eigenvalue weighted by Gasteiger charge is 2.28. The maximum absolute atomic E-state index is 5.63. The van der Waals surface area contributed by atoms with Crippen molar-refractivity contribution in [3.8, 4) is 0 Å². The van der Waals surface area contributed by atoms with Gasteiger partial charge in [0.1, 0.15) is 5.60 Å². The fourth-order valence-corrected chi connectivity index (χ4v) is 1.17. The first-order valence-electron chi connectivity index (χ1n) is 4.44. The minimum absolute atomic E-state index is 0.0952. The smallest absolute Gasteiger partial charge is 0.335 e.